The average molecular weight is 403 g/mol. The molecule has 1 aliphatic heterocycles. The Morgan fingerprint density at radius 3 is 2.57 bits per heavy atom. The van der Waals surface area contributed by atoms with Crippen LogP contribution in [0.3, 0.4) is 0 Å². The maximum atomic E-state index is 12.4. The molecule has 2 aliphatic rings. The molecular formula is C22H25N7O. The van der Waals surface area contributed by atoms with Crippen LogP contribution < -0.4 is 5.32 Å². The number of carbonyl (C=O) groups is 1. The number of nitrogens with one attached hydrogen (secondary N) is 2. The zero-order valence-electron chi connectivity index (χ0n) is 17.2. The largest absolute Gasteiger partial charge is 0.348 e. The van der Waals surface area contributed by atoms with Crippen LogP contribution in [0.15, 0.2) is 36.7 Å². The summed E-state index contributed by atoms with van der Waals surface area (Å²) in [6, 6.07) is 8.15. The highest BCUT2D eigenvalue weighted by atomic mass is 16.2. The van der Waals surface area contributed by atoms with Gasteiger partial charge in [-0.15, -0.1) is 0 Å². The van der Waals surface area contributed by atoms with Crippen molar-refractivity contribution >= 4 is 5.91 Å². The predicted molar refractivity (Wildman–Crippen MR) is 111 cm³/mol. The Bertz CT molecular complexity index is 1050. The van der Waals surface area contributed by atoms with Crippen LogP contribution in [0, 0.1) is 31.6 Å². The second-order valence-corrected chi connectivity index (χ2v) is 8.33. The fourth-order valence-corrected chi connectivity index (χ4v) is 4.54. The van der Waals surface area contributed by atoms with E-state index in [2.05, 4.69) is 48.4 Å². The van der Waals surface area contributed by atoms with E-state index in [0.717, 1.165) is 42.4 Å². The van der Waals surface area contributed by atoms with Gasteiger partial charge in [0.1, 0.15) is 5.82 Å². The van der Waals surface area contributed by atoms with Crippen molar-refractivity contribution in [1.29, 1.82) is 0 Å². The Hall–Kier alpha value is -3.13. The maximum Gasteiger partial charge on any atom is 0.224 e. The molecule has 3 aromatic rings. The Morgan fingerprint density at radius 1 is 1.17 bits per heavy atom. The lowest BCUT2D eigenvalue weighted by Crippen LogP contribution is -2.31. The van der Waals surface area contributed by atoms with Crippen LogP contribution in [0.1, 0.15) is 22.8 Å². The van der Waals surface area contributed by atoms with Crippen molar-refractivity contribution in [1.82, 2.24) is 35.4 Å². The summed E-state index contributed by atoms with van der Waals surface area (Å²) in [5, 5.41) is 9.82. The number of H-pyrrole nitrogens is 1. The second kappa shape index (κ2) is 7.60. The van der Waals surface area contributed by atoms with Gasteiger partial charge in [-0.05, 0) is 31.2 Å². The Morgan fingerprint density at radius 2 is 1.90 bits per heavy atom. The topological polar surface area (TPSA) is 99.7 Å². The van der Waals surface area contributed by atoms with E-state index in [4.69, 9.17) is 0 Å². The van der Waals surface area contributed by atoms with Crippen LogP contribution in [-0.2, 0) is 17.9 Å². The zero-order valence-corrected chi connectivity index (χ0v) is 17.2. The lowest BCUT2D eigenvalue weighted by molar-refractivity contribution is -0.123. The van der Waals surface area contributed by atoms with Crippen molar-refractivity contribution in [2.45, 2.75) is 26.9 Å². The second-order valence-electron chi connectivity index (χ2n) is 8.33. The van der Waals surface area contributed by atoms with E-state index in [-0.39, 0.29) is 11.8 Å². The number of hydrogen-bond donors (Lipinski definition) is 2. The van der Waals surface area contributed by atoms with Gasteiger partial charge in [0.25, 0.3) is 0 Å². The first kappa shape index (κ1) is 18.9. The molecule has 1 saturated heterocycles. The smallest absolute Gasteiger partial charge is 0.224 e. The van der Waals surface area contributed by atoms with Gasteiger partial charge in [-0.3, -0.25) is 14.8 Å². The molecule has 1 amide bonds. The fourth-order valence-electron chi connectivity index (χ4n) is 4.54. The normalized spacial score (nSPS) is 22.7. The standard InChI is InChI=1S/C22H25N7O/c1-13-5-3-4-6-16(13)21-23-7-15(8-24-21)10-29-11-17-18(12-29)20(17)22(30)25-9-19-26-14(2)27-28-19/h3-8,17-18,20H,9-12H2,1-2H3,(H,25,30)(H,26,27,28)/t17-,18+,20?. The number of aromatic amines is 1. The van der Waals surface area contributed by atoms with Gasteiger partial charge in [0, 0.05) is 49.1 Å². The van der Waals surface area contributed by atoms with Crippen molar-refractivity contribution in [3.63, 3.8) is 0 Å². The predicted octanol–water partition coefficient (Wildman–Crippen LogP) is 1.87. The number of piperidine rings is 1. The summed E-state index contributed by atoms with van der Waals surface area (Å²) in [4.78, 5) is 28.2. The summed E-state index contributed by atoms with van der Waals surface area (Å²) in [5.41, 5.74) is 3.35. The van der Waals surface area contributed by atoms with E-state index in [9.17, 15) is 4.79 Å². The monoisotopic (exact) mass is 403 g/mol. The van der Waals surface area contributed by atoms with Crippen LogP contribution >= 0.6 is 0 Å². The number of nitrogens with zero attached hydrogens (tertiary/aromatic N) is 5. The van der Waals surface area contributed by atoms with E-state index in [1.165, 1.54) is 5.56 Å². The van der Waals surface area contributed by atoms with E-state index in [1.54, 1.807) is 0 Å². The third-order valence-electron chi connectivity index (χ3n) is 6.13. The minimum absolute atomic E-state index is 0.123. The highest BCUT2D eigenvalue weighted by Gasteiger charge is 2.59. The summed E-state index contributed by atoms with van der Waals surface area (Å²) in [6.07, 6.45) is 3.84. The first-order valence-corrected chi connectivity index (χ1v) is 10.3. The van der Waals surface area contributed by atoms with Gasteiger partial charge in [0.15, 0.2) is 11.6 Å². The molecule has 3 heterocycles. The van der Waals surface area contributed by atoms with Crippen LogP contribution in [0.4, 0.5) is 0 Å². The highest BCUT2D eigenvalue weighted by molar-refractivity contribution is 5.82. The lowest BCUT2D eigenvalue weighted by Gasteiger charge is -2.19. The number of rotatable bonds is 6. The molecule has 1 saturated carbocycles. The summed E-state index contributed by atoms with van der Waals surface area (Å²) in [7, 11) is 0. The molecule has 0 radical (unpaired) electrons. The third kappa shape index (κ3) is 3.70. The number of fused-ring (bicyclic) bond motifs is 1. The van der Waals surface area contributed by atoms with Crippen molar-refractivity contribution in [2.75, 3.05) is 13.1 Å². The van der Waals surface area contributed by atoms with Crippen molar-refractivity contribution < 1.29 is 4.79 Å². The molecule has 0 spiro atoms. The number of benzene rings is 1. The number of amides is 1. The minimum atomic E-state index is 0.123. The number of aryl methyl sites for hydroxylation is 2. The molecule has 1 unspecified atom stereocenters. The number of aromatic nitrogens is 5. The summed E-state index contributed by atoms with van der Waals surface area (Å²) < 4.78 is 0. The van der Waals surface area contributed by atoms with Gasteiger partial charge >= 0.3 is 0 Å². The van der Waals surface area contributed by atoms with Gasteiger partial charge in [-0.25, -0.2) is 15.0 Å². The van der Waals surface area contributed by atoms with Crippen molar-refractivity contribution in [3.8, 4) is 11.4 Å². The van der Waals surface area contributed by atoms with Crippen LogP contribution in [-0.4, -0.2) is 49.0 Å². The van der Waals surface area contributed by atoms with Crippen molar-refractivity contribution in [2.24, 2.45) is 17.8 Å². The third-order valence-corrected chi connectivity index (χ3v) is 6.13. The van der Waals surface area contributed by atoms with Crippen LogP contribution in [0.5, 0.6) is 0 Å². The van der Waals surface area contributed by atoms with E-state index >= 15 is 0 Å². The maximum absolute atomic E-state index is 12.4. The molecule has 1 aliphatic carbocycles. The number of likely N-dealkylation sites (tertiary alicyclic amines) is 1. The molecule has 0 bridgehead atoms. The Kier molecular flexibility index (Phi) is 4.78. The van der Waals surface area contributed by atoms with Gasteiger partial charge < -0.3 is 5.32 Å². The molecule has 2 fully saturated rings. The van der Waals surface area contributed by atoms with Gasteiger partial charge in [0.05, 0.1) is 6.54 Å². The molecule has 1 aromatic carbocycles. The molecule has 154 valence electrons. The molecule has 30 heavy (non-hydrogen) atoms. The molecule has 8 heteroatoms. The summed E-state index contributed by atoms with van der Waals surface area (Å²) in [5.74, 6) is 3.30. The SMILES string of the molecule is Cc1nc(CNC(=O)C2[C@H]3CN(Cc4cnc(-c5ccccc5C)nc4)C[C@@H]23)n[nH]1. The molecule has 3 atom stereocenters. The first-order valence-electron chi connectivity index (χ1n) is 10.3. The van der Waals surface area contributed by atoms with Gasteiger partial charge in [-0.2, -0.15) is 5.10 Å². The molecule has 8 nitrogen and oxygen atoms in total. The first-order chi connectivity index (χ1) is 14.6. The van der Waals surface area contributed by atoms with Gasteiger partial charge in [0.2, 0.25) is 5.91 Å². The highest BCUT2D eigenvalue weighted by Crippen LogP contribution is 2.52. The van der Waals surface area contributed by atoms with E-state index in [0.29, 0.717) is 24.2 Å². The summed E-state index contributed by atoms with van der Waals surface area (Å²) in [6.45, 7) is 7.02. The van der Waals surface area contributed by atoms with Crippen LogP contribution in [0.25, 0.3) is 11.4 Å². The van der Waals surface area contributed by atoms with Crippen molar-refractivity contribution in [3.05, 3.63) is 59.4 Å². The molecular weight excluding hydrogens is 378 g/mol. The number of carbonyl (C=O) groups excluding carboxylic acids is 1. The number of hydrogen-bond acceptors (Lipinski definition) is 6. The van der Waals surface area contributed by atoms with Gasteiger partial charge in [-0.1, -0.05) is 24.3 Å². The molecule has 5 rings (SSSR count). The summed E-state index contributed by atoms with van der Waals surface area (Å²) >= 11 is 0. The van der Waals surface area contributed by atoms with Crippen LogP contribution in [0.2, 0.25) is 0 Å². The quantitative estimate of drug-likeness (QED) is 0.652. The van der Waals surface area contributed by atoms with E-state index < -0.39 is 0 Å². The van der Waals surface area contributed by atoms with E-state index in [1.807, 2.05) is 37.5 Å². The zero-order chi connectivity index (χ0) is 20.7. The molecule has 2 aromatic heterocycles. The Balaban J connectivity index is 1.12. The minimum Gasteiger partial charge on any atom is -0.348 e. The Labute approximate surface area is 175 Å². The average Bonchev–Trinajstić information content (AvgIpc) is 3.05. The lowest BCUT2D eigenvalue weighted by atomic mass is 10.1. The molecule has 2 N–H and O–H groups in total. The fraction of sp³-hybridized carbons (Fsp3) is 0.409.